The fourth-order valence-electron chi connectivity index (χ4n) is 2.94. The highest BCUT2D eigenvalue weighted by Crippen LogP contribution is 2.31. The molecule has 1 aliphatic heterocycles. The molecule has 2 aromatic rings. The van der Waals surface area contributed by atoms with Gasteiger partial charge < -0.3 is 20.5 Å². The van der Waals surface area contributed by atoms with Crippen LogP contribution in [0.2, 0.25) is 0 Å². The van der Waals surface area contributed by atoms with E-state index in [-0.39, 0.29) is 37.8 Å². The molecule has 0 saturated heterocycles. The zero-order chi connectivity index (χ0) is 19.2. The number of anilines is 1. The fourth-order valence-corrected chi connectivity index (χ4v) is 2.94. The van der Waals surface area contributed by atoms with Gasteiger partial charge >= 0.3 is 5.97 Å². The monoisotopic (exact) mass is 368 g/mol. The van der Waals surface area contributed by atoms with Crippen LogP contribution in [0.15, 0.2) is 48.5 Å². The summed E-state index contributed by atoms with van der Waals surface area (Å²) in [6.45, 7) is 0.131. The molecule has 0 fully saturated rings. The van der Waals surface area contributed by atoms with Gasteiger partial charge in [-0.15, -0.1) is 0 Å². The maximum atomic E-state index is 12.3. The summed E-state index contributed by atoms with van der Waals surface area (Å²) in [6.07, 6.45) is 0.163. The van der Waals surface area contributed by atoms with Crippen molar-refractivity contribution in [2.24, 2.45) is 5.92 Å². The Morgan fingerprint density at radius 1 is 1.15 bits per heavy atom. The highest BCUT2D eigenvalue weighted by atomic mass is 16.5. The van der Waals surface area contributed by atoms with Crippen molar-refractivity contribution in [1.82, 2.24) is 5.32 Å². The number of para-hydroxylation sites is 1. The Labute approximate surface area is 156 Å². The van der Waals surface area contributed by atoms with Crippen LogP contribution in [0.5, 0.6) is 5.75 Å². The van der Waals surface area contributed by atoms with Gasteiger partial charge in [0.25, 0.3) is 5.91 Å². The Morgan fingerprint density at radius 3 is 2.67 bits per heavy atom. The lowest BCUT2D eigenvalue weighted by atomic mass is 9.96. The van der Waals surface area contributed by atoms with Crippen molar-refractivity contribution >= 4 is 23.5 Å². The Morgan fingerprint density at radius 2 is 1.93 bits per heavy atom. The number of nitrogens with one attached hydrogen (secondary N) is 2. The Kier molecular flexibility index (Phi) is 5.71. The molecule has 0 spiro atoms. The Hall–Kier alpha value is -3.35. The number of carbonyl (C=O) groups excluding carboxylic acids is 2. The quantitative estimate of drug-likeness (QED) is 0.693. The van der Waals surface area contributed by atoms with E-state index in [1.807, 2.05) is 30.3 Å². The molecule has 3 rings (SSSR count). The molecule has 0 radical (unpaired) electrons. The normalized spacial score (nSPS) is 13.7. The van der Waals surface area contributed by atoms with Gasteiger partial charge in [-0.2, -0.15) is 0 Å². The third-order valence-electron chi connectivity index (χ3n) is 4.32. The molecule has 140 valence electrons. The molecule has 1 unspecified atom stereocenters. The number of carboxylic acid groups (broad SMARTS) is 1. The van der Waals surface area contributed by atoms with Crippen LogP contribution in [0.4, 0.5) is 5.69 Å². The van der Waals surface area contributed by atoms with E-state index >= 15 is 0 Å². The molecule has 3 N–H and O–H groups in total. The van der Waals surface area contributed by atoms with Gasteiger partial charge in [0.05, 0.1) is 11.6 Å². The number of carboxylic acids is 1. The average molecular weight is 368 g/mol. The summed E-state index contributed by atoms with van der Waals surface area (Å²) in [5.74, 6) is -1.88. The van der Waals surface area contributed by atoms with E-state index in [4.69, 9.17) is 4.74 Å². The van der Waals surface area contributed by atoms with E-state index in [2.05, 4.69) is 10.6 Å². The molecule has 0 saturated carbocycles. The molecule has 2 aromatic carbocycles. The largest absolute Gasteiger partial charge is 0.482 e. The van der Waals surface area contributed by atoms with Crippen LogP contribution in [0, 0.1) is 5.92 Å². The second-order valence-corrected chi connectivity index (χ2v) is 6.33. The van der Waals surface area contributed by atoms with Crippen LogP contribution < -0.4 is 15.4 Å². The summed E-state index contributed by atoms with van der Waals surface area (Å²) in [5.41, 5.74) is 2.10. The zero-order valence-corrected chi connectivity index (χ0v) is 14.6. The third kappa shape index (κ3) is 4.84. The smallest absolute Gasteiger partial charge is 0.307 e. The lowest BCUT2D eigenvalue weighted by Crippen LogP contribution is -2.30. The van der Waals surface area contributed by atoms with Crippen molar-refractivity contribution in [2.45, 2.75) is 19.4 Å². The van der Waals surface area contributed by atoms with Gasteiger partial charge in [0.1, 0.15) is 5.75 Å². The Bertz CT molecular complexity index is 851. The molecule has 1 aliphatic rings. The topological polar surface area (TPSA) is 105 Å². The van der Waals surface area contributed by atoms with E-state index in [9.17, 15) is 19.5 Å². The van der Waals surface area contributed by atoms with Gasteiger partial charge in [-0.1, -0.05) is 42.5 Å². The summed E-state index contributed by atoms with van der Waals surface area (Å²) in [6, 6.07) is 14.5. The third-order valence-corrected chi connectivity index (χ3v) is 4.32. The van der Waals surface area contributed by atoms with Crippen molar-refractivity contribution in [2.75, 3.05) is 11.9 Å². The first-order valence-corrected chi connectivity index (χ1v) is 8.61. The van der Waals surface area contributed by atoms with Crippen molar-refractivity contribution in [3.63, 3.8) is 0 Å². The summed E-state index contributed by atoms with van der Waals surface area (Å²) < 4.78 is 5.34. The standard InChI is InChI=1S/C20H20N2O5/c23-17(10-15(20(25)26)9-13-5-2-1-3-6-13)21-11-14-7-4-8-16-19(14)22-18(24)12-27-16/h1-8,15H,9-12H2,(H,21,23)(H,22,24)(H,25,26). The van der Waals surface area contributed by atoms with Crippen LogP contribution >= 0.6 is 0 Å². The van der Waals surface area contributed by atoms with Gasteiger partial charge in [0, 0.05) is 13.0 Å². The lowest BCUT2D eigenvalue weighted by Gasteiger charge is -2.21. The number of carbonyl (C=O) groups is 3. The number of benzene rings is 2. The van der Waals surface area contributed by atoms with Crippen LogP contribution in [-0.4, -0.2) is 29.5 Å². The molecule has 1 heterocycles. The van der Waals surface area contributed by atoms with Crippen molar-refractivity contribution < 1.29 is 24.2 Å². The SMILES string of the molecule is O=C(CC(Cc1ccccc1)C(=O)O)NCc1cccc2c1NC(=O)CO2. The fraction of sp³-hybridized carbons (Fsp3) is 0.250. The molecule has 1 atom stereocenters. The second kappa shape index (κ2) is 8.35. The van der Waals surface area contributed by atoms with Crippen LogP contribution in [-0.2, 0) is 27.3 Å². The molecule has 7 heteroatoms. The summed E-state index contributed by atoms with van der Waals surface area (Å²) in [4.78, 5) is 35.3. The van der Waals surface area contributed by atoms with Crippen LogP contribution in [0.25, 0.3) is 0 Å². The van der Waals surface area contributed by atoms with Crippen molar-refractivity contribution in [3.8, 4) is 5.75 Å². The molecular formula is C20H20N2O5. The summed E-state index contributed by atoms with van der Waals surface area (Å²) in [7, 11) is 0. The molecule has 27 heavy (non-hydrogen) atoms. The minimum atomic E-state index is -1.01. The van der Waals surface area contributed by atoms with Crippen molar-refractivity contribution in [3.05, 3.63) is 59.7 Å². The predicted molar refractivity (Wildman–Crippen MR) is 98.3 cm³/mol. The molecule has 0 aliphatic carbocycles. The molecule has 2 amide bonds. The number of amides is 2. The number of hydrogen-bond donors (Lipinski definition) is 3. The van der Waals surface area contributed by atoms with Crippen LogP contribution in [0.1, 0.15) is 17.5 Å². The maximum absolute atomic E-state index is 12.3. The number of ether oxygens (including phenoxy) is 1. The number of aliphatic carboxylic acids is 1. The first-order chi connectivity index (χ1) is 13.0. The van der Waals surface area contributed by atoms with Gasteiger partial charge in [-0.25, -0.2) is 0 Å². The highest BCUT2D eigenvalue weighted by molar-refractivity contribution is 5.96. The van der Waals surface area contributed by atoms with Crippen molar-refractivity contribution in [1.29, 1.82) is 0 Å². The number of hydrogen-bond acceptors (Lipinski definition) is 4. The minimum absolute atomic E-state index is 0.0391. The summed E-state index contributed by atoms with van der Waals surface area (Å²) >= 11 is 0. The average Bonchev–Trinajstić information content (AvgIpc) is 2.66. The number of fused-ring (bicyclic) bond motifs is 1. The molecule has 7 nitrogen and oxygen atoms in total. The number of rotatable bonds is 7. The molecular weight excluding hydrogens is 348 g/mol. The van der Waals surface area contributed by atoms with E-state index in [1.165, 1.54) is 0 Å². The van der Waals surface area contributed by atoms with E-state index < -0.39 is 11.9 Å². The first kappa shape index (κ1) is 18.4. The second-order valence-electron chi connectivity index (χ2n) is 6.33. The van der Waals surface area contributed by atoms with Gasteiger partial charge in [-0.05, 0) is 23.6 Å². The molecule has 0 bridgehead atoms. The van der Waals surface area contributed by atoms with Gasteiger partial charge in [0.15, 0.2) is 6.61 Å². The maximum Gasteiger partial charge on any atom is 0.307 e. The molecule has 0 aromatic heterocycles. The first-order valence-electron chi connectivity index (χ1n) is 8.61. The Balaban J connectivity index is 1.60. The highest BCUT2D eigenvalue weighted by Gasteiger charge is 2.23. The van der Waals surface area contributed by atoms with Gasteiger partial charge in [-0.3, -0.25) is 14.4 Å². The summed E-state index contributed by atoms with van der Waals surface area (Å²) in [5, 5.41) is 14.9. The zero-order valence-electron chi connectivity index (χ0n) is 14.6. The van der Waals surface area contributed by atoms with E-state index in [0.717, 1.165) is 5.56 Å². The van der Waals surface area contributed by atoms with E-state index in [0.29, 0.717) is 17.0 Å². The lowest BCUT2D eigenvalue weighted by molar-refractivity contribution is -0.144. The van der Waals surface area contributed by atoms with Crippen LogP contribution in [0.3, 0.4) is 0 Å². The predicted octanol–water partition coefficient (Wildman–Crippen LogP) is 1.97. The minimum Gasteiger partial charge on any atom is -0.482 e. The van der Waals surface area contributed by atoms with Gasteiger partial charge in [0.2, 0.25) is 5.91 Å². The van der Waals surface area contributed by atoms with E-state index in [1.54, 1.807) is 18.2 Å².